The molecule has 0 aliphatic rings. The Hall–Kier alpha value is -0.810. The molecule has 0 aliphatic carbocycles. The van der Waals surface area contributed by atoms with Crippen molar-refractivity contribution in [3.63, 3.8) is 0 Å². The summed E-state index contributed by atoms with van der Waals surface area (Å²) in [6.07, 6.45) is 2.34. The number of carbonyl (C=O) groups excluding carboxylic acids is 1. The van der Waals surface area contributed by atoms with Gasteiger partial charge in [-0.15, -0.1) is 0 Å². The number of furan rings is 1. The molecule has 0 saturated heterocycles. The molecule has 1 heterocycles. The Balaban J connectivity index is 2.59. The highest BCUT2D eigenvalue weighted by Crippen LogP contribution is 2.17. The molecule has 1 aromatic rings. The van der Waals surface area contributed by atoms with E-state index < -0.39 is 0 Å². The second kappa shape index (κ2) is 6.06. The van der Waals surface area contributed by atoms with Crippen molar-refractivity contribution >= 4 is 21.8 Å². The average molecular weight is 289 g/mol. The van der Waals surface area contributed by atoms with E-state index in [1.165, 1.54) is 6.26 Å². The Morgan fingerprint density at radius 2 is 2.31 bits per heavy atom. The molecule has 0 aromatic carbocycles. The smallest absolute Gasteiger partial charge is 0.256 e. The summed E-state index contributed by atoms with van der Waals surface area (Å²) in [6.45, 7) is 4.64. The van der Waals surface area contributed by atoms with Crippen LogP contribution in [0.25, 0.3) is 0 Å². The molecule has 1 rings (SSSR count). The van der Waals surface area contributed by atoms with Crippen LogP contribution in [0.15, 0.2) is 21.4 Å². The van der Waals surface area contributed by atoms with Crippen LogP contribution in [-0.4, -0.2) is 18.5 Å². The van der Waals surface area contributed by atoms with Gasteiger partial charge in [-0.3, -0.25) is 4.79 Å². The van der Waals surface area contributed by atoms with E-state index in [0.29, 0.717) is 22.7 Å². The normalized spacial score (nSPS) is 12.8. The number of hydrogen-bond acceptors (Lipinski definition) is 3. The quantitative estimate of drug-likeness (QED) is 0.872. The Morgan fingerprint density at radius 1 is 1.62 bits per heavy atom. The van der Waals surface area contributed by atoms with Gasteiger partial charge >= 0.3 is 0 Å². The first-order valence-electron chi connectivity index (χ1n) is 5.28. The van der Waals surface area contributed by atoms with Gasteiger partial charge in [-0.1, -0.05) is 13.8 Å². The largest absolute Gasteiger partial charge is 0.457 e. The highest BCUT2D eigenvalue weighted by Gasteiger charge is 2.17. The Bertz CT molecular complexity index is 350. The highest BCUT2D eigenvalue weighted by atomic mass is 79.9. The molecule has 0 aliphatic heterocycles. The van der Waals surface area contributed by atoms with E-state index in [4.69, 9.17) is 10.2 Å². The predicted octanol–water partition coefficient (Wildman–Crippen LogP) is 2.15. The van der Waals surface area contributed by atoms with E-state index in [-0.39, 0.29) is 11.9 Å². The zero-order valence-corrected chi connectivity index (χ0v) is 11.1. The first-order valence-corrected chi connectivity index (χ1v) is 6.07. The van der Waals surface area contributed by atoms with Gasteiger partial charge in [0, 0.05) is 12.6 Å². The molecule has 0 spiro atoms. The minimum Gasteiger partial charge on any atom is -0.457 e. The van der Waals surface area contributed by atoms with Gasteiger partial charge in [-0.25, -0.2) is 0 Å². The fourth-order valence-electron chi connectivity index (χ4n) is 1.50. The monoisotopic (exact) mass is 288 g/mol. The summed E-state index contributed by atoms with van der Waals surface area (Å²) in [6, 6.07) is 1.64. The Morgan fingerprint density at radius 3 is 2.75 bits per heavy atom. The minimum atomic E-state index is -0.156. The number of nitrogens with two attached hydrogens (primary N) is 1. The van der Waals surface area contributed by atoms with Gasteiger partial charge in [0.25, 0.3) is 5.91 Å². The van der Waals surface area contributed by atoms with Gasteiger partial charge in [0.05, 0.1) is 11.8 Å². The minimum absolute atomic E-state index is 0.00861. The Labute approximate surface area is 104 Å². The van der Waals surface area contributed by atoms with E-state index in [1.54, 1.807) is 6.07 Å². The first-order chi connectivity index (χ1) is 7.54. The third-order valence-electron chi connectivity index (χ3n) is 2.24. The molecule has 0 radical (unpaired) electrons. The van der Waals surface area contributed by atoms with Crippen molar-refractivity contribution in [2.24, 2.45) is 11.7 Å². The fourth-order valence-corrected chi connectivity index (χ4v) is 1.92. The molecule has 0 fully saturated rings. The maximum absolute atomic E-state index is 11.8. The second-order valence-corrected chi connectivity index (χ2v) is 4.86. The average Bonchev–Trinajstić information content (AvgIpc) is 2.62. The van der Waals surface area contributed by atoms with E-state index in [2.05, 4.69) is 35.1 Å². The summed E-state index contributed by atoms with van der Waals surface area (Å²) in [5.41, 5.74) is 6.11. The van der Waals surface area contributed by atoms with Crippen LogP contribution in [0.2, 0.25) is 0 Å². The zero-order chi connectivity index (χ0) is 12.1. The van der Waals surface area contributed by atoms with Crippen LogP contribution in [0, 0.1) is 5.92 Å². The summed E-state index contributed by atoms with van der Waals surface area (Å²) in [7, 11) is 0. The van der Waals surface area contributed by atoms with E-state index in [9.17, 15) is 4.79 Å². The van der Waals surface area contributed by atoms with Gasteiger partial charge in [0.15, 0.2) is 4.67 Å². The fraction of sp³-hybridized carbons (Fsp3) is 0.545. The maximum Gasteiger partial charge on any atom is 0.256 e. The summed E-state index contributed by atoms with van der Waals surface area (Å²) in [5, 5.41) is 2.89. The summed E-state index contributed by atoms with van der Waals surface area (Å²) in [5.74, 6) is 0.346. The molecular weight excluding hydrogens is 272 g/mol. The number of hydrogen-bond donors (Lipinski definition) is 2. The second-order valence-electron chi connectivity index (χ2n) is 4.14. The van der Waals surface area contributed by atoms with Crippen molar-refractivity contribution in [2.75, 3.05) is 6.54 Å². The molecule has 1 unspecified atom stereocenters. The molecule has 0 saturated carbocycles. The number of rotatable bonds is 5. The maximum atomic E-state index is 11.8. The highest BCUT2D eigenvalue weighted by molar-refractivity contribution is 9.10. The van der Waals surface area contributed by atoms with Crippen LogP contribution in [0.1, 0.15) is 30.6 Å². The molecule has 0 bridgehead atoms. The molecule has 3 N–H and O–H groups in total. The van der Waals surface area contributed by atoms with Crippen LogP contribution in [0.3, 0.4) is 0 Å². The van der Waals surface area contributed by atoms with E-state index in [1.807, 2.05) is 0 Å². The van der Waals surface area contributed by atoms with Gasteiger partial charge < -0.3 is 15.5 Å². The third kappa shape index (κ3) is 3.64. The third-order valence-corrected chi connectivity index (χ3v) is 2.85. The lowest BCUT2D eigenvalue weighted by Crippen LogP contribution is -2.41. The lowest BCUT2D eigenvalue weighted by atomic mass is 10.0. The van der Waals surface area contributed by atoms with Crippen LogP contribution < -0.4 is 11.1 Å². The van der Waals surface area contributed by atoms with Gasteiger partial charge in [0.1, 0.15) is 0 Å². The summed E-state index contributed by atoms with van der Waals surface area (Å²) in [4.78, 5) is 11.8. The molecular formula is C11H17BrN2O2. The number of carbonyl (C=O) groups is 1. The van der Waals surface area contributed by atoms with Crippen molar-refractivity contribution in [3.8, 4) is 0 Å². The molecule has 16 heavy (non-hydrogen) atoms. The van der Waals surface area contributed by atoms with E-state index >= 15 is 0 Å². The number of amides is 1. The van der Waals surface area contributed by atoms with E-state index in [0.717, 1.165) is 6.42 Å². The molecule has 5 heteroatoms. The SMILES string of the molecule is CC(C)CC(CN)NC(=O)c1ccoc1Br. The van der Waals surface area contributed by atoms with Crippen LogP contribution in [0.5, 0.6) is 0 Å². The van der Waals surface area contributed by atoms with Crippen LogP contribution in [-0.2, 0) is 0 Å². The van der Waals surface area contributed by atoms with Gasteiger partial charge in [-0.2, -0.15) is 0 Å². The number of halogens is 1. The zero-order valence-electron chi connectivity index (χ0n) is 9.50. The van der Waals surface area contributed by atoms with Crippen molar-refractivity contribution in [1.82, 2.24) is 5.32 Å². The molecule has 4 nitrogen and oxygen atoms in total. The van der Waals surface area contributed by atoms with Crippen molar-refractivity contribution in [1.29, 1.82) is 0 Å². The predicted molar refractivity (Wildman–Crippen MR) is 66.2 cm³/mol. The first kappa shape index (κ1) is 13.3. The number of nitrogens with one attached hydrogen (secondary N) is 1. The van der Waals surface area contributed by atoms with Crippen molar-refractivity contribution < 1.29 is 9.21 Å². The molecule has 1 aromatic heterocycles. The van der Waals surface area contributed by atoms with Gasteiger partial charge in [-0.05, 0) is 34.3 Å². The molecule has 1 amide bonds. The van der Waals surface area contributed by atoms with Crippen LogP contribution >= 0.6 is 15.9 Å². The standard InChI is InChI=1S/C11H17BrN2O2/c1-7(2)5-8(6-13)14-11(15)9-3-4-16-10(9)12/h3-4,7-8H,5-6,13H2,1-2H3,(H,14,15). The lowest BCUT2D eigenvalue weighted by Gasteiger charge is -2.18. The summed E-state index contributed by atoms with van der Waals surface area (Å²) >= 11 is 3.17. The van der Waals surface area contributed by atoms with Crippen molar-refractivity contribution in [3.05, 3.63) is 22.6 Å². The summed E-state index contributed by atoms with van der Waals surface area (Å²) < 4.78 is 5.46. The van der Waals surface area contributed by atoms with Crippen LogP contribution in [0.4, 0.5) is 0 Å². The molecule has 1 atom stereocenters. The van der Waals surface area contributed by atoms with Crippen molar-refractivity contribution in [2.45, 2.75) is 26.3 Å². The Kier molecular flexibility index (Phi) is 5.02. The molecule has 90 valence electrons. The van der Waals surface area contributed by atoms with Gasteiger partial charge in [0.2, 0.25) is 0 Å². The lowest BCUT2D eigenvalue weighted by molar-refractivity contribution is 0.0932. The topological polar surface area (TPSA) is 68.3 Å².